The second kappa shape index (κ2) is 6.58. The van der Waals surface area contributed by atoms with Gasteiger partial charge in [0.15, 0.2) is 5.65 Å². The molecule has 0 aliphatic heterocycles. The van der Waals surface area contributed by atoms with Crippen LogP contribution < -0.4 is 5.56 Å². The van der Waals surface area contributed by atoms with Gasteiger partial charge in [-0.05, 0) is 35.4 Å². The minimum Gasteiger partial charge on any atom is -0.310 e. The second-order valence-electron chi connectivity index (χ2n) is 6.47. The first-order valence-corrected chi connectivity index (χ1v) is 9.09. The number of benzene rings is 1. The molecule has 0 aliphatic rings. The van der Waals surface area contributed by atoms with Crippen molar-refractivity contribution in [2.45, 2.75) is 6.54 Å². The summed E-state index contributed by atoms with van der Waals surface area (Å²) in [5.74, 6) is 0. The van der Waals surface area contributed by atoms with Gasteiger partial charge in [-0.15, -0.1) is 0 Å². The fourth-order valence-electron chi connectivity index (χ4n) is 3.30. The Morgan fingerprint density at radius 2 is 1.86 bits per heavy atom. The van der Waals surface area contributed by atoms with Crippen LogP contribution >= 0.6 is 11.6 Å². The lowest BCUT2D eigenvalue weighted by Gasteiger charge is -2.08. The van der Waals surface area contributed by atoms with Crippen molar-refractivity contribution >= 4 is 28.2 Å². The SMILES string of the molecule is O=c1c2cnc3c(-c4ccc(Cl)cc4)cnn3c2ccn1Cc1cccnc1. The predicted octanol–water partition coefficient (Wildman–Crippen LogP) is 3.81. The fourth-order valence-corrected chi connectivity index (χ4v) is 3.43. The molecule has 0 radical (unpaired) electrons. The molecule has 0 N–H and O–H groups in total. The number of hydrogen-bond acceptors (Lipinski definition) is 4. The molecule has 136 valence electrons. The van der Waals surface area contributed by atoms with E-state index >= 15 is 0 Å². The Labute approximate surface area is 164 Å². The molecule has 0 atom stereocenters. The summed E-state index contributed by atoms with van der Waals surface area (Å²) in [6, 6.07) is 13.2. The summed E-state index contributed by atoms with van der Waals surface area (Å²) in [6.45, 7) is 0.454. The van der Waals surface area contributed by atoms with Gasteiger partial charge in [-0.1, -0.05) is 29.8 Å². The van der Waals surface area contributed by atoms with Crippen LogP contribution in [0.2, 0.25) is 5.02 Å². The van der Waals surface area contributed by atoms with Crippen LogP contribution in [0, 0.1) is 0 Å². The zero-order valence-electron chi connectivity index (χ0n) is 14.7. The van der Waals surface area contributed by atoms with Crippen molar-refractivity contribution in [2.24, 2.45) is 0 Å². The van der Waals surface area contributed by atoms with Crippen molar-refractivity contribution in [3.05, 3.63) is 94.4 Å². The fraction of sp³-hybridized carbons (Fsp3) is 0.0476. The van der Waals surface area contributed by atoms with Crippen LogP contribution in [-0.2, 0) is 6.54 Å². The van der Waals surface area contributed by atoms with E-state index in [2.05, 4.69) is 15.1 Å². The maximum atomic E-state index is 12.9. The minimum absolute atomic E-state index is 0.112. The third kappa shape index (κ3) is 2.75. The Morgan fingerprint density at radius 3 is 2.64 bits per heavy atom. The van der Waals surface area contributed by atoms with E-state index in [0.717, 1.165) is 22.2 Å². The van der Waals surface area contributed by atoms with Crippen LogP contribution in [0.5, 0.6) is 0 Å². The Balaban J connectivity index is 1.64. The van der Waals surface area contributed by atoms with Crippen molar-refractivity contribution in [1.82, 2.24) is 24.1 Å². The Kier molecular flexibility index (Phi) is 3.91. The van der Waals surface area contributed by atoms with Crippen LogP contribution in [0.1, 0.15) is 5.56 Å². The first-order chi connectivity index (χ1) is 13.7. The summed E-state index contributed by atoms with van der Waals surface area (Å²) in [5.41, 5.74) is 4.12. The summed E-state index contributed by atoms with van der Waals surface area (Å²) in [6.07, 6.45) is 8.62. The Hall–Kier alpha value is -3.51. The molecule has 0 amide bonds. The smallest absolute Gasteiger partial charge is 0.261 e. The van der Waals surface area contributed by atoms with Crippen LogP contribution in [0.4, 0.5) is 0 Å². The standard InChI is InChI=1S/C21H14ClN5O/c22-16-5-3-15(4-6-16)17-12-25-27-19-7-9-26(13-14-2-1-8-23-10-14)21(28)18(19)11-24-20(17)27/h1-12H,13H2. The third-order valence-electron chi connectivity index (χ3n) is 4.70. The molecule has 0 unspecified atom stereocenters. The molecule has 0 saturated carbocycles. The second-order valence-corrected chi connectivity index (χ2v) is 6.90. The number of halogens is 1. The number of aromatic nitrogens is 5. The molecular weight excluding hydrogens is 374 g/mol. The van der Waals surface area contributed by atoms with Crippen molar-refractivity contribution in [2.75, 3.05) is 0 Å². The van der Waals surface area contributed by atoms with Gasteiger partial charge in [0.1, 0.15) is 0 Å². The van der Waals surface area contributed by atoms with Gasteiger partial charge in [0.2, 0.25) is 0 Å². The van der Waals surface area contributed by atoms with E-state index in [1.807, 2.05) is 42.5 Å². The molecule has 28 heavy (non-hydrogen) atoms. The first kappa shape index (κ1) is 16.6. The topological polar surface area (TPSA) is 65.1 Å². The Morgan fingerprint density at radius 1 is 1.00 bits per heavy atom. The van der Waals surface area contributed by atoms with E-state index in [0.29, 0.717) is 22.6 Å². The van der Waals surface area contributed by atoms with E-state index in [9.17, 15) is 4.79 Å². The van der Waals surface area contributed by atoms with Gasteiger partial charge in [0.05, 0.1) is 23.6 Å². The summed E-state index contributed by atoms with van der Waals surface area (Å²) in [4.78, 5) is 21.6. The van der Waals surface area contributed by atoms with Gasteiger partial charge >= 0.3 is 0 Å². The van der Waals surface area contributed by atoms with Crippen molar-refractivity contribution < 1.29 is 0 Å². The quantitative estimate of drug-likeness (QED) is 0.472. The number of nitrogens with zero attached hydrogens (tertiary/aromatic N) is 5. The lowest BCUT2D eigenvalue weighted by molar-refractivity contribution is 0.762. The molecule has 0 bridgehead atoms. The Bertz CT molecular complexity index is 1360. The van der Waals surface area contributed by atoms with E-state index in [1.54, 1.807) is 40.1 Å². The number of rotatable bonds is 3. The van der Waals surface area contributed by atoms with Gasteiger partial charge in [-0.25, -0.2) is 9.50 Å². The van der Waals surface area contributed by atoms with Crippen LogP contribution in [0.15, 0.2) is 78.2 Å². The zero-order valence-corrected chi connectivity index (χ0v) is 15.4. The molecule has 1 aromatic carbocycles. The summed E-state index contributed by atoms with van der Waals surface area (Å²) in [7, 11) is 0. The van der Waals surface area contributed by atoms with E-state index < -0.39 is 0 Å². The highest BCUT2D eigenvalue weighted by atomic mass is 35.5. The van der Waals surface area contributed by atoms with Crippen LogP contribution in [0.25, 0.3) is 27.7 Å². The lowest BCUT2D eigenvalue weighted by Crippen LogP contribution is -2.21. The first-order valence-electron chi connectivity index (χ1n) is 8.71. The normalized spacial score (nSPS) is 11.3. The average Bonchev–Trinajstić information content (AvgIpc) is 3.16. The highest BCUT2D eigenvalue weighted by molar-refractivity contribution is 6.30. The van der Waals surface area contributed by atoms with Gasteiger partial charge < -0.3 is 4.57 Å². The van der Waals surface area contributed by atoms with Gasteiger partial charge in [0.25, 0.3) is 5.56 Å². The van der Waals surface area contributed by atoms with Crippen molar-refractivity contribution in [3.63, 3.8) is 0 Å². The molecule has 0 saturated heterocycles. The number of fused-ring (bicyclic) bond motifs is 3. The monoisotopic (exact) mass is 387 g/mol. The van der Waals surface area contributed by atoms with Gasteiger partial charge in [-0.3, -0.25) is 9.78 Å². The van der Waals surface area contributed by atoms with Crippen molar-refractivity contribution in [3.8, 4) is 11.1 Å². The molecule has 0 fully saturated rings. The third-order valence-corrected chi connectivity index (χ3v) is 4.95. The predicted molar refractivity (Wildman–Crippen MR) is 109 cm³/mol. The van der Waals surface area contributed by atoms with Crippen LogP contribution in [-0.4, -0.2) is 24.1 Å². The maximum absolute atomic E-state index is 12.9. The molecule has 4 aromatic heterocycles. The molecule has 6 nitrogen and oxygen atoms in total. The highest BCUT2D eigenvalue weighted by Crippen LogP contribution is 2.26. The zero-order chi connectivity index (χ0) is 19.1. The molecular formula is C21H14ClN5O. The summed E-state index contributed by atoms with van der Waals surface area (Å²) < 4.78 is 3.35. The number of pyridine rings is 2. The van der Waals surface area contributed by atoms with Gasteiger partial charge in [0, 0.05) is 35.4 Å². The van der Waals surface area contributed by atoms with E-state index in [4.69, 9.17) is 11.6 Å². The van der Waals surface area contributed by atoms with Crippen LogP contribution in [0.3, 0.4) is 0 Å². The molecule has 0 spiro atoms. The minimum atomic E-state index is -0.112. The van der Waals surface area contributed by atoms with Crippen molar-refractivity contribution in [1.29, 1.82) is 0 Å². The highest BCUT2D eigenvalue weighted by Gasteiger charge is 2.13. The van der Waals surface area contributed by atoms with E-state index in [1.165, 1.54) is 0 Å². The molecule has 5 aromatic rings. The molecule has 4 heterocycles. The summed E-state index contributed by atoms with van der Waals surface area (Å²) >= 11 is 5.98. The maximum Gasteiger partial charge on any atom is 0.261 e. The van der Waals surface area contributed by atoms with E-state index in [-0.39, 0.29) is 5.56 Å². The summed E-state index contributed by atoms with van der Waals surface area (Å²) in [5, 5.41) is 5.66. The molecule has 7 heteroatoms. The lowest BCUT2D eigenvalue weighted by atomic mass is 10.1. The molecule has 5 rings (SSSR count). The average molecular weight is 388 g/mol. The molecule has 0 aliphatic carbocycles. The largest absolute Gasteiger partial charge is 0.310 e. The van der Waals surface area contributed by atoms with Gasteiger partial charge in [-0.2, -0.15) is 5.10 Å². The number of hydrogen-bond donors (Lipinski definition) is 0.